The highest BCUT2D eigenvalue weighted by Crippen LogP contribution is 2.33. The molecule has 0 aromatic rings. The minimum Gasteiger partial charge on any atom is -0.371 e. The fourth-order valence-electron chi connectivity index (χ4n) is 2.01. The normalized spacial score (nSPS) is 16.7. The zero-order valence-corrected chi connectivity index (χ0v) is 11.1. The quantitative estimate of drug-likeness (QED) is 0.573. The van der Waals surface area contributed by atoms with Crippen molar-refractivity contribution in [2.45, 2.75) is 32.9 Å². The first kappa shape index (κ1) is 15.4. The molecule has 0 unspecified atom stereocenters. The standard InChI is InChI=1S/C14H17F3N2/c1-10(2)8-13(14(15,16)17)12(9-18)11(3)19-6-4-5-7-19/h8H,3-7H2,1-2H3/b13-12+. The highest BCUT2D eigenvalue weighted by atomic mass is 19.4. The Bertz CT molecular complexity index is 454. The molecule has 5 heteroatoms. The number of allylic oxidation sites excluding steroid dienone is 4. The summed E-state index contributed by atoms with van der Waals surface area (Å²) in [7, 11) is 0. The molecule has 1 fully saturated rings. The summed E-state index contributed by atoms with van der Waals surface area (Å²) in [5.74, 6) is 0. The highest BCUT2D eigenvalue weighted by molar-refractivity contribution is 5.50. The van der Waals surface area contributed by atoms with E-state index >= 15 is 0 Å². The topological polar surface area (TPSA) is 27.0 Å². The molecule has 0 amide bonds. The summed E-state index contributed by atoms with van der Waals surface area (Å²) < 4.78 is 39.2. The molecule has 104 valence electrons. The zero-order chi connectivity index (χ0) is 14.6. The molecule has 0 radical (unpaired) electrons. The van der Waals surface area contributed by atoms with Crippen molar-refractivity contribution in [3.05, 3.63) is 35.1 Å². The molecule has 0 saturated carbocycles. The van der Waals surface area contributed by atoms with E-state index in [0.29, 0.717) is 18.7 Å². The van der Waals surface area contributed by atoms with E-state index in [9.17, 15) is 13.2 Å². The minimum atomic E-state index is -4.55. The van der Waals surface area contributed by atoms with Crippen molar-refractivity contribution in [1.29, 1.82) is 5.26 Å². The number of likely N-dealkylation sites (tertiary alicyclic amines) is 1. The van der Waals surface area contributed by atoms with Gasteiger partial charge in [0.25, 0.3) is 0 Å². The van der Waals surface area contributed by atoms with Gasteiger partial charge in [-0.2, -0.15) is 18.4 Å². The van der Waals surface area contributed by atoms with Gasteiger partial charge in [-0.3, -0.25) is 0 Å². The van der Waals surface area contributed by atoms with Gasteiger partial charge in [-0.15, -0.1) is 0 Å². The molecule has 0 atom stereocenters. The Hall–Kier alpha value is -1.70. The first-order chi connectivity index (χ1) is 8.77. The lowest BCUT2D eigenvalue weighted by molar-refractivity contribution is -0.0888. The summed E-state index contributed by atoms with van der Waals surface area (Å²) in [6.45, 7) is 8.12. The number of nitriles is 1. The van der Waals surface area contributed by atoms with Gasteiger partial charge in [0.15, 0.2) is 0 Å². The van der Waals surface area contributed by atoms with Crippen LogP contribution in [0.4, 0.5) is 13.2 Å². The van der Waals surface area contributed by atoms with E-state index < -0.39 is 11.7 Å². The minimum absolute atomic E-state index is 0.171. The third kappa shape index (κ3) is 3.88. The van der Waals surface area contributed by atoms with Crippen molar-refractivity contribution in [1.82, 2.24) is 4.90 Å². The van der Waals surface area contributed by atoms with Crippen molar-refractivity contribution in [3.63, 3.8) is 0 Å². The predicted octanol–water partition coefficient (Wildman–Crippen LogP) is 3.94. The number of hydrogen-bond donors (Lipinski definition) is 0. The average Bonchev–Trinajstić information content (AvgIpc) is 2.80. The number of alkyl halides is 3. The second-order valence-corrected chi connectivity index (χ2v) is 4.76. The number of halogens is 3. The van der Waals surface area contributed by atoms with Crippen LogP contribution in [0.5, 0.6) is 0 Å². The lowest BCUT2D eigenvalue weighted by Gasteiger charge is -2.22. The second kappa shape index (κ2) is 5.96. The van der Waals surface area contributed by atoms with Crippen molar-refractivity contribution in [3.8, 4) is 6.07 Å². The zero-order valence-electron chi connectivity index (χ0n) is 11.1. The van der Waals surface area contributed by atoms with E-state index in [-0.39, 0.29) is 11.3 Å². The summed E-state index contributed by atoms with van der Waals surface area (Å²) in [5, 5.41) is 9.08. The van der Waals surface area contributed by atoms with Gasteiger partial charge in [-0.25, -0.2) is 0 Å². The van der Waals surface area contributed by atoms with Crippen molar-refractivity contribution in [2.24, 2.45) is 0 Å². The maximum atomic E-state index is 13.1. The molecule has 0 spiro atoms. The van der Waals surface area contributed by atoms with Crippen molar-refractivity contribution >= 4 is 0 Å². The first-order valence-electron chi connectivity index (χ1n) is 6.08. The summed E-state index contributed by atoms with van der Waals surface area (Å²) in [6, 6.07) is 1.66. The molecule has 19 heavy (non-hydrogen) atoms. The molecule has 0 bridgehead atoms. The Balaban J connectivity index is 3.27. The van der Waals surface area contributed by atoms with Crippen LogP contribution in [0, 0.1) is 11.3 Å². The fourth-order valence-corrected chi connectivity index (χ4v) is 2.01. The van der Waals surface area contributed by atoms with E-state index in [4.69, 9.17) is 5.26 Å². The number of hydrogen-bond acceptors (Lipinski definition) is 2. The molecule has 0 aliphatic carbocycles. The molecule has 1 heterocycles. The Morgan fingerprint density at radius 3 is 2.16 bits per heavy atom. The molecular formula is C14H17F3N2. The maximum Gasteiger partial charge on any atom is 0.417 e. The third-order valence-corrected chi connectivity index (χ3v) is 2.90. The molecule has 0 aromatic heterocycles. The van der Waals surface area contributed by atoms with Crippen LogP contribution in [-0.2, 0) is 0 Å². The first-order valence-corrected chi connectivity index (χ1v) is 6.08. The van der Waals surface area contributed by atoms with Gasteiger partial charge in [-0.1, -0.05) is 12.2 Å². The van der Waals surface area contributed by atoms with Crippen LogP contribution < -0.4 is 0 Å². The third-order valence-electron chi connectivity index (χ3n) is 2.90. The summed E-state index contributed by atoms with van der Waals surface area (Å²) in [6.07, 6.45) is -1.71. The summed E-state index contributed by atoms with van der Waals surface area (Å²) in [5.41, 5.74) is -0.623. The van der Waals surface area contributed by atoms with Crippen LogP contribution in [0.1, 0.15) is 26.7 Å². The van der Waals surface area contributed by atoms with Gasteiger partial charge in [0.2, 0.25) is 0 Å². The van der Waals surface area contributed by atoms with Crippen LogP contribution >= 0.6 is 0 Å². The van der Waals surface area contributed by atoms with E-state index in [1.165, 1.54) is 0 Å². The van der Waals surface area contributed by atoms with Crippen molar-refractivity contribution in [2.75, 3.05) is 13.1 Å². The van der Waals surface area contributed by atoms with Gasteiger partial charge in [0.1, 0.15) is 6.07 Å². The van der Waals surface area contributed by atoms with Crippen LogP contribution in [0.3, 0.4) is 0 Å². The molecule has 2 nitrogen and oxygen atoms in total. The van der Waals surface area contributed by atoms with Crippen LogP contribution in [0.25, 0.3) is 0 Å². The molecule has 0 aromatic carbocycles. The lowest BCUT2D eigenvalue weighted by Crippen LogP contribution is -2.22. The molecular weight excluding hydrogens is 253 g/mol. The van der Waals surface area contributed by atoms with Gasteiger partial charge in [0, 0.05) is 18.8 Å². The average molecular weight is 270 g/mol. The highest BCUT2D eigenvalue weighted by Gasteiger charge is 2.36. The largest absolute Gasteiger partial charge is 0.417 e. The van der Waals surface area contributed by atoms with Crippen LogP contribution in [0.15, 0.2) is 35.1 Å². The summed E-state index contributed by atoms with van der Waals surface area (Å²) >= 11 is 0. The Labute approximate surface area is 111 Å². The predicted molar refractivity (Wildman–Crippen MR) is 68.1 cm³/mol. The molecule has 1 aliphatic rings. The Morgan fingerprint density at radius 1 is 1.26 bits per heavy atom. The Morgan fingerprint density at radius 2 is 1.79 bits per heavy atom. The maximum absolute atomic E-state index is 13.1. The van der Waals surface area contributed by atoms with Crippen molar-refractivity contribution < 1.29 is 13.2 Å². The van der Waals surface area contributed by atoms with Gasteiger partial charge < -0.3 is 4.90 Å². The van der Waals surface area contributed by atoms with Gasteiger partial charge >= 0.3 is 6.18 Å². The molecule has 1 saturated heterocycles. The second-order valence-electron chi connectivity index (χ2n) is 4.76. The van der Waals surface area contributed by atoms with Gasteiger partial charge in [0.05, 0.1) is 11.1 Å². The van der Waals surface area contributed by atoms with E-state index in [0.717, 1.165) is 18.9 Å². The smallest absolute Gasteiger partial charge is 0.371 e. The van der Waals surface area contributed by atoms with E-state index in [1.807, 2.05) is 0 Å². The van der Waals surface area contributed by atoms with E-state index in [2.05, 4.69) is 6.58 Å². The van der Waals surface area contributed by atoms with Gasteiger partial charge in [-0.05, 0) is 32.8 Å². The number of rotatable bonds is 3. The van der Waals surface area contributed by atoms with Crippen LogP contribution in [-0.4, -0.2) is 24.2 Å². The molecule has 1 aliphatic heterocycles. The fraction of sp³-hybridized carbons (Fsp3) is 0.500. The molecule has 1 rings (SSSR count). The Kier molecular flexibility index (Phi) is 4.82. The van der Waals surface area contributed by atoms with E-state index in [1.54, 1.807) is 24.8 Å². The molecule has 0 N–H and O–H groups in total. The van der Waals surface area contributed by atoms with Crippen LogP contribution in [0.2, 0.25) is 0 Å². The summed E-state index contributed by atoms with van der Waals surface area (Å²) in [4.78, 5) is 1.74. The monoisotopic (exact) mass is 270 g/mol. The number of nitrogens with zero attached hydrogens (tertiary/aromatic N) is 2. The lowest BCUT2D eigenvalue weighted by atomic mass is 10.0. The SMILES string of the molecule is C=C(/C(C#N)=C(\C=C(C)C)C(F)(F)F)N1CCCC1.